The summed E-state index contributed by atoms with van der Waals surface area (Å²) in [7, 11) is 1.22. The minimum absolute atomic E-state index is 0.0860. The summed E-state index contributed by atoms with van der Waals surface area (Å²) in [5.41, 5.74) is -0.0860. The van der Waals surface area contributed by atoms with Gasteiger partial charge < -0.3 is 4.74 Å². The Morgan fingerprint density at radius 1 is 1.38 bits per heavy atom. The van der Waals surface area contributed by atoms with Gasteiger partial charge in [-0.05, 0) is 12.8 Å². The van der Waals surface area contributed by atoms with Crippen molar-refractivity contribution in [3.05, 3.63) is 12.2 Å². The molecule has 0 aromatic heterocycles. The summed E-state index contributed by atoms with van der Waals surface area (Å²) < 4.78 is 4.35. The van der Waals surface area contributed by atoms with E-state index >= 15 is 0 Å². The van der Waals surface area contributed by atoms with Crippen molar-refractivity contribution < 1.29 is 14.3 Å². The van der Waals surface area contributed by atoms with Crippen LogP contribution in [0.2, 0.25) is 0 Å². The summed E-state index contributed by atoms with van der Waals surface area (Å²) in [5.74, 6) is -0.398. The van der Waals surface area contributed by atoms with E-state index in [-0.39, 0.29) is 11.4 Å². The Balaban J connectivity index is 3.83. The smallest absolute Gasteiger partial charge is 0.340 e. The van der Waals surface area contributed by atoms with Crippen LogP contribution in [-0.2, 0) is 14.3 Å². The minimum Gasteiger partial charge on any atom is -0.465 e. The number of ether oxygens (including phenoxy) is 1. The number of esters is 1. The van der Waals surface area contributed by atoms with Crippen molar-refractivity contribution in [2.75, 3.05) is 13.0 Å². The Bertz CT molecular complexity index is 211. The van der Waals surface area contributed by atoms with Gasteiger partial charge in [0.1, 0.15) is 0 Å². The third-order valence-corrected chi connectivity index (χ3v) is 1.82. The lowest BCUT2D eigenvalue weighted by atomic mass is 10.1. The number of hydrogen-bond acceptors (Lipinski definition) is 3. The molecule has 0 heterocycles. The highest BCUT2D eigenvalue weighted by molar-refractivity contribution is 6.18. The van der Waals surface area contributed by atoms with Gasteiger partial charge in [0.2, 0.25) is 0 Å². The van der Waals surface area contributed by atoms with Crippen LogP contribution < -0.4 is 0 Å². The van der Waals surface area contributed by atoms with Crippen molar-refractivity contribution in [1.82, 2.24) is 0 Å². The molecule has 0 aromatic rings. The zero-order chi connectivity index (χ0) is 10.3. The number of carbonyl (C=O) groups excluding carboxylic acids is 2. The summed E-state index contributed by atoms with van der Waals surface area (Å²) in [6.07, 6.45) is 1.75. The lowest BCUT2D eigenvalue weighted by Gasteiger charge is -2.01. The first-order valence-corrected chi connectivity index (χ1v) is 4.53. The molecule has 0 fully saturated rings. The van der Waals surface area contributed by atoms with Gasteiger partial charge in [-0.3, -0.25) is 4.79 Å². The SMILES string of the molecule is C=C(C(=O)CCCCCl)C(=O)OC. The molecule has 0 aliphatic heterocycles. The van der Waals surface area contributed by atoms with E-state index in [4.69, 9.17) is 11.6 Å². The molecule has 3 nitrogen and oxygen atoms in total. The number of Topliss-reactive ketones (excluding diaryl/α,β-unsaturated/α-hetero) is 1. The van der Waals surface area contributed by atoms with E-state index in [1.807, 2.05) is 0 Å². The van der Waals surface area contributed by atoms with Crippen LogP contribution in [0.25, 0.3) is 0 Å². The zero-order valence-corrected chi connectivity index (χ0v) is 8.39. The molecule has 74 valence electrons. The summed E-state index contributed by atoms with van der Waals surface area (Å²) in [4.78, 5) is 22.0. The van der Waals surface area contributed by atoms with Crippen LogP contribution in [0.4, 0.5) is 0 Å². The van der Waals surface area contributed by atoms with Crippen LogP contribution in [0, 0.1) is 0 Å². The lowest BCUT2D eigenvalue weighted by Crippen LogP contribution is -2.13. The first-order valence-electron chi connectivity index (χ1n) is 3.99. The van der Waals surface area contributed by atoms with Gasteiger partial charge in [0.05, 0.1) is 12.7 Å². The van der Waals surface area contributed by atoms with Gasteiger partial charge in [-0.2, -0.15) is 0 Å². The maximum atomic E-state index is 11.2. The maximum Gasteiger partial charge on any atom is 0.340 e. The predicted molar refractivity (Wildman–Crippen MR) is 50.7 cm³/mol. The van der Waals surface area contributed by atoms with Gasteiger partial charge in [0, 0.05) is 12.3 Å². The molecule has 0 aromatic carbocycles. The number of ketones is 1. The summed E-state index contributed by atoms with van der Waals surface area (Å²) in [6, 6.07) is 0. The van der Waals surface area contributed by atoms with Crippen molar-refractivity contribution in [2.24, 2.45) is 0 Å². The summed E-state index contributed by atoms with van der Waals surface area (Å²) in [5, 5.41) is 0. The first-order chi connectivity index (χ1) is 6.13. The number of alkyl halides is 1. The molecule has 0 unspecified atom stereocenters. The lowest BCUT2D eigenvalue weighted by molar-refractivity contribution is -0.137. The predicted octanol–water partition coefficient (Wildman–Crippen LogP) is 1.69. The molecule has 0 atom stereocenters. The largest absolute Gasteiger partial charge is 0.465 e. The number of carbonyl (C=O) groups is 2. The van der Waals surface area contributed by atoms with Crippen molar-refractivity contribution in [1.29, 1.82) is 0 Å². The first kappa shape index (κ1) is 12.2. The van der Waals surface area contributed by atoms with E-state index in [2.05, 4.69) is 11.3 Å². The number of unbranched alkanes of at least 4 members (excludes halogenated alkanes) is 1. The van der Waals surface area contributed by atoms with E-state index in [1.165, 1.54) is 7.11 Å². The fourth-order valence-electron chi connectivity index (χ4n) is 0.768. The number of rotatable bonds is 6. The van der Waals surface area contributed by atoms with Crippen LogP contribution >= 0.6 is 11.6 Å². The van der Waals surface area contributed by atoms with Gasteiger partial charge in [0.25, 0.3) is 0 Å². The van der Waals surface area contributed by atoms with Crippen LogP contribution in [0.1, 0.15) is 19.3 Å². The number of hydrogen-bond donors (Lipinski definition) is 0. The van der Waals surface area contributed by atoms with E-state index in [0.29, 0.717) is 18.7 Å². The maximum absolute atomic E-state index is 11.2. The second kappa shape index (κ2) is 6.66. The van der Waals surface area contributed by atoms with Gasteiger partial charge in [-0.15, -0.1) is 11.6 Å². The van der Waals surface area contributed by atoms with Crippen molar-refractivity contribution >= 4 is 23.4 Å². The Labute approximate surface area is 82.7 Å². The zero-order valence-electron chi connectivity index (χ0n) is 7.64. The Morgan fingerprint density at radius 3 is 2.46 bits per heavy atom. The molecule has 13 heavy (non-hydrogen) atoms. The highest BCUT2D eigenvalue weighted by Crippen LogP contribution is 2.05. The monoisotopic (exact) mass is 204 g/mol. The molecule has 0 aliphatic rings. The fraction of sp³-hybridized carbons (Fsp3) is 0.556. The highest BCUT2D eigenvalue weighted by Gasteiger charge is 2.14. The average Bonchev–Trinajstić information content (AvgIpc) is 2.15. The Hall–Kier alpha value is -0.830. The van der Waals surface area contributed by atoms with Crippen LogP contribution in [0.3, 0.4) is 0 Å². The molecular weight excluding hydrogens is 192 g/mol. The van der Waals surface area contributed by atoms with Crippen LogP contribution in [0.5, 0.6) is 0 Å². The Kier molecular flexibility index (Phi) is 6.24. The quantitative estimate of drug-likeness (QED) is 0.165. The van der Waals surface area contributed by atoms with Gasteiger partial charge in [0.15, 0.2) is 5.78 Å². The van der Waals surface area contributed by atoms with Crippen molar-refractivity contribution in [3.8, 4) is 0 Å². The number of halogens is 1. The third kappa shape index (κ3) is 4.68. The van der Waals surface area contributed by atoms with Gasteiger partial charge >= 0.3 is 5.97 Å². The normalized spacial score (nSPS) is 9.38. The highest BCUT2D eigenvalue weighted by atomic mass is 35.5. The average molecular weight is 205 g/mol. The minimum atomic E-state index is -0.657. The molecular formula is C9H13ClO3. The molecule has 0 amide bonds. The standard InChI is InChI=1S/C9H13ClO3/c1-7(9(12)13-2)8(11)5-3-4-6-10/h1,3-6H2,2H3. The molecule has 0 spiro atoms. The fourth-order valence-corrected chi connectivity index (χ4v) is 0.957. The second-order valence-corrected chi connectivity index (χ2v) is 2.92. The second-order valence-electron chi connectivity index (χ2n) is 2.54. The summed E-state index contributed by atoms with van der Waals surface area (Å²) in [6.45, 7) is 3.35. The van der Waals surface area contributed by atoms with Crippen molar-refractivity contribution in [3.63, 3.8) is 0 Å². The molecule has 0 saturated carbocycles. The molecule has 0 N–H and O–H groups in total. The molecule has 0 saturated heterocycles. The van der Waals surface area contributed by atoms with E-state index in [1.54, 1.807) is 0 Å². The third-order valence-electron chi connectivity index (χ3n) is 1.56. The van der Waals surface area contributed by atoms with E-state index in [0.717, 1.165) is 6.42 Å². The topological polar surface area (TPSA) is 43.4 Å². The van der Waals surface area contributed by atoms with Crippen LogP contribution in [0.15, 0.2) is 12.2 Å². The summed E-state index contributed by atoms with van der Waals surface area (Å²) >= 11 is 5.43. The van der Waals surface area contributed by atoms with Crippen LogP contribution in [-0.4, -0.2) is 24.7 Å². The van der Waals surface area contributed by atoms with Crippen molar-refractivity contribution in [2.45, 2.75) is 19.3 Å². The van der Waals surface area contributed by atoms with E-state index < -0.39 is 5.97 Å². The van der Waals surface area contributed by atoms with Gasteiger partial charge in [-0.1, -0.05) is 6.58 Å². The Morgan fingerprint density at radius 2 is 2.00 bits per heavy atom. The molecule has 0 rings (SSSR count). The molecule has 4 heteroatoms. The molecule has 0 aliphatic carbocycles. The van der Waals surface area contributed by atoms with Gasteiger partial charge in [-0.25, -0.2) is 4.79 Å². The molecule has 0 bridgehead atoms. The number of methoxy groups -OCH3 is 1. The molecule has 0 radical (unpaired) electrons. The van der Waals surface area contributed by atoms with E-state index in [9.17, 15) is 9.59 Å².